The lowest BCUT2D eigenvalue weighted by molar-refractivity contribution is 0.821. The molecule has 0 spiro atoms. The lowest BCUT2D eigenvalue weighted by Crippen LogP contribution is -2.21. The quantitative estimate of drug-likeness (QED) is 0.667. The van der Waals surface area contributed by atoms with Crippen LogP contribution in [0.2, 0.25) is 15.1 Å². The summed E-state index contributed by atoms with van der Waals surface area (Å²) < 4.78 is 1.18. The van der Waals surface area contributed by atoms with E-state index in [2.05, 4.69) is 5.10 Å². The highest BCUT2D eigenvalue weighted by atomic mass is 35.5. The van der Waals surface area contributed by atoms with Gasteiger partial charge in [-0.25, -0.2) is 0 Å². The zero-order chi connectivity index (χ0) is 14.3. The molecule has 100 valence electrons. The summed E-state index contributed by atoms with van der Waals surface area (Å²) in [7, 11) is 0. The van der Waals surface area contributed by atoms with Gasteiger partial charge in [0.1, 0.15) is 5.69 Å². The topological polar surface area (TPSA) is 34.9 Å². The lowest BCUT2D eigenvalue weighted by atomic mass is 10.2. The molecule has 0 saturated carbocycles. The van der Waals surface area contributed by atoms with E-state index >= 15 is 0 Å². The highest BCUT2D eigenvalue weighted by Crippen LogP contribution is 2.31. The van der Waals surface area contributed by atoms with Gasteiger partial charge in [0.25, 0.3) is 5.56 Å². The van der Waals surface area contributed by atoms with E-state index in [1.54, 1.807) is 18.3 Å². The molecule has 20 heavy (non-hydrogen) atoms. The fourth-order valence-electron chi connectivity index (χ4n) is 1.99. The molecule has 3 aromatic rings. The molecule has 0 N–H and O–H groups in total. The van der Waals surface area contributed by atoms with Crippen molar-refractivity contribution < 1.29 is 0 Å². The Balaban J connectivity index is 2.36. The van der Waals surface area contributed by atoms with Crippen LogP contribution in [0, 0.1) is 0 Å². The molecule has 0 aliphatic heterocycles. The highest BCUT2D eigenvalue weighted by Gasteiger charge is 2.13. The Kier molecular flexibility index (Phi) is 3.42. The minimum atomic E-state index is -0.283. The van der Waals surface area contributed by atoms with Gasteiger partial charge in [-0.15, -0.1) is 0 Å². The van der Waals surface area contributed by atoms with E-state index in [0.29, 0.717) is 16.1 Å². The Morgan fingerprint density at radius 1 is 1.00 bits per heavy atom. The third-order valence-corrected chi connectivity index (χ3v) is 3.68. The molecule has 0 unspecified atom stereocenters. The number of aromatic nitrogens is 2. The largest absolute Gasteiger partial charge is 0.279 e. The Bertz CT molecular complexity index is 851. The molecule has 3 nitrogen and oxygen atoms in total. The summed E-state index contributed by atoms with van der Waals surface area (Å²) in [5.41, 5.74) is 0.0442. The minimum Gasteiger partial charge on any atom is -0.267 e. The molecule has 0 aliphatic carbocycles. The normalized spacial score (nSPS) is 10.9. The number of benzene rings is 2. The number of rotatable bonds is 1. The molecule has 0 amide bonds. The predicted molar refractivity (Wildman–Crippen MR) is 82.4 cm³/mol. The van der Waals surface area contributed by atoms with Crippen molar-refractivity contribution in [3.63, 3.8) is 0 Å². The van der Waals surface area contributed by atoms with Gasteiger partial charge >= 0.3 is 0 Å². The van der Waals surface area contributed by atoms with E-state index in [9.17, 15) is 4.79 Å². The van der Waals surface area contributed by atoms with Gasteiger partial charge in [0.2, 0.25) is 0 Å². The van der Waals surface area contributed by atoms with Crippen molar-refractivity contribution in [2.75, 3.05) is 0 Å². The molecule has 2 aromatic carbocycles. The van der Waals surface area contributed by atoms with Gasteiger partial charge in [-0.05, 0) is 18.2 Å². The van der Waals surface area contributed by atoms with E-state index in [1.807, 2.05) is 12.1 Å². The van der Waals surface area contributed by atoms with Crippen LogP contribution >= 0.6 is 34.8 Å². The second kappa shape index (κ2) is 5.09. The molecule has 0 bridgehead atoms. The summed E-state index contributed by atoms with van der Waals surface area (Å²) in [5, 5.41) is 6.37. The summed E-state index contributed by atoms with van der Waals surface area (Å²) in [5.74, 6) is 0. The van der Waals surface area contributed by atoms with Crippen molar-refractivity contribution in [3.8, 4) is 5.69 Å². The van der Waals surface area contributed by atoms with Crippen molar-refractivity contribution >= 4 is 45.6 Å². The summed E-state index contributed by atoms with van der Waals surface area (Å²) in [6.45, 7) is 0. The van der Waals surface area contributed by atoms with Crippen LogP contribution in [0.15, 0.2) is 47.4 Å². The van der Waals surface area contributed by atoms with E-state index in [0.717, 1.165) is 5.39 Å². The molecule has 0 aliphatic rings. The van der Waals surface area contributed by atoms with E-state index < -0.39 is 0 Å². The zero-order valence-electron chi connectivity index (χ0n) is 9.98. The van der Waals surface area contributed by atoms with E-state index in [-0.39, 0.29) is 15.6 Å². The first-order valence-corrected chi connectivity index (χ1v) is 6.83. The van der Waals surface area contributed by atoms with Crippen LogP contribution in [-0.2, 0) is 0 Å². The van der Waals surface area contributed by atoms with Crippen molar-refractivity contribution in [2.24, 2.45) is 0 Å². The molecule has 1 aromatic heterocycles. The van der Waals surface area contributed by atoms with Crippen LogP contribution in [0.3, 0.4) is 0 Å². The van der Waals surface area contributed by atoms with Crippen LogP contribution in [0.5, 0.6) is 0 Å². The van der Waals surface area contributed by atoms with Crippen LogP contribution in [0.4, 0.5) is 0 Å². The maximum absolute atomic E-state index is 12.5. The van der Waals surface area contributed by atoms with Gasteiger partial charge in [-0.3, -0.25) is 4.79 Å². The SMILES string of the molecule is O=c1c2ccccc2cnn1-c1c(Cl)cc(Cl)cc1Cl. The molecule has 6 heteroatoms. The third kappa shape index (κ3) is 2.18. The summed E-state index contributed by atoms with van der Waals surface area (Å²) >= 11 is 18.1. The monoisotopic (exact) mass is 324 g/mol. The molecular formula is C14H7Cl3N2O. The number of hydrogen-bond donors (Lipinski definition) is 0. The van der Waals surface area contributed by atoms with Gasteiger partial charge in [0.05, 0.1) is 21.6 Å². The number of nitrogens with zero attached hydrogens (tertiary/aromatic N) is 2. The predicted octanol–water partition coefficient (Wildman–Crippen LogP) is 4.35. The second-order valence-corrected chi connectivity index (χ2v) is 5.42. The fourth-order valence-corrected chi connectivity index (χ4v) is 2.96. The van der Waals surface area contributed by atoms with Crippen molar-refractivity contribution in [3.05, 3.63) is 68.0 Å². The Morgan fingerprint density at radius 2 is 1.65 bits per heavy atom. The fraction of sp³-hybridized carbons (Fsp3) is 0. The summed E-state index contributed by atoms with van der Waals surface area (Å²) in [6.07, 6.45) is 1.60. The van der Waals surface area contributed by atoms with Crippen LogP contribution in [0.25, 0.3) is 16.5 Å². The summed E-state index contributed by atoms with van der Waals surface area (Å²) in [4.78, 5) is 12.5. The zero-order valence-corrected chi connectivity index (χ0v) is 12.2. The number of hydrogen-bond acceptors (Lipinski definition) is 2. The van der Waals surface area contributed by atoms with Crippen molar-refractivity contribution in [2.45, 2.75) is 0 Å². The van der Waals surface area contributed by atoms with Gasteiger partial charge in [0.15, 0.2) is 0 Å². The first-order valence-electron chi connectivity index (χ1n) is 5.70. The lowest BCUT2D eigenvalue weighted by Gasteiger charge is -2.10. The van der Waals surface area contributed by atoms with E-state index in [4.69, 9.17) is 34.8 Å². The van der Waals surface area contributed by atoms with Gasteiger partial charge in [0, 0.05) is 10.4 Å². The van der Waals surface area contributed by atoms with Crippen LogP contribution < -0.4 is 5.56 Å². The second-order valence-electron chi connectivity index (χ2n) is 4.17. The number of halogens is 3. The molecular weight excluding hydrogens is 319 g/mol. The maximum atomic E-state index is 12.5. The molecule has 0 saturated heterocycles. The average Bonchev–Trinajstić information content (AvgIpc) is 2.40. The smallest absolute Gasteiger partial charge is 0.267 e. The van der Waals surface area contributed by atoms with Crippen molar-refractivity contribution in [1.29, 1.82) is 0 Å². The van der Waals surface area contributed by atoms with Crippen LogP contribution in [0.1, 0.15) is 0 Å². The van der Waals surface area contributed by atoms with E-state index in [1.165, 1.54) is 16.8 Å². The van der Waals surface area contributed by atoms with Gasteiger partial charge in [-0.2, -0.15) is 9.78 Å². The van der Waals surface area contributed by atoms with Gasteiger partial charge < -0.3 is 0 Å². The molecule has 0 radical (unpaired) electrons. The molecule has 3 rings (SSSR count). The Morgan fingerprint density at radius 3 is 2.35 bits per heavy atom. The molecule has 0 atom stereocenters. The summed E-state index contributed by atoms with van der Waals surface area (Å²) in [6, 6.07) is 10.2. The van der Waals surface area contributed by atoms with Crippen molar-refractivity contribution in [1.82, 2.24) is 9.78 Å². The Labute approximate surface area is 129 Å². The standard InChI is InChI=1S/C14H7Cl3N2O/c15-9-5-11(16)13(12(17)6-9)19-14(20)10-4-2-1-3-8(10)7-18-19/h1-7H. The molecule has 1 heterocycles. The van der Waals surface area contributed by atoms with Crippen LogP contribution in [-0.4, -0.2) is 9.78 Å². The van der Waals surface area contributed by atoms with Gasteiger partial charge in [-0.1, -0.05) is 53.0 Å². The first kappa shape index (κ1) is 13.4. The highest BCUT2D eigenvalue weighted by molar-refractivity contribution is 6.40. The third-order valence-electron chi connectivity index (χ3n) is 2.89. The maximum Gasteiger partial charge on any atom is 0.279 e. The average molecular weight is 326 g/mol. The number of fused-ring (bicyclic) bond motifs is 1. The first-order chi connectivity index (χ1) is 9.58. The minimum absolute atomic E-state index is 0.271. The Hall–Kier alpha value is -1.55. The molecule has 0 fully saturated rings.